The number of H-pyrrole nitrogens is 1. The fourth-order valence-corrected chi connectivity index (χ4v) is 3.39. The second kappa shape index (κ2) is 5.76. The van der Waals surface area contributed by atoms with Crippen LogP contribution in [0.15, 0.2) is 24.3 Å². The molecule has 5 heteroatoms. The first-order valence-corrected chi connectivity index (χ1v) is 7.66. The number of aromatic amines is 1. The van der Waals surface area contributed by atoms with E-state index in [1.807, 2.05) is 24.3 Å². The Bertz CT molecular complexity index is 601. The second-order valence-electron chi connectivity index (χ2n) is 5.42. The summed E-state index contributed by atoms with van der Waals surface area (Å²) in [5.74, 6) is 0.433. The van der Waals surface area contributed by atoms with Gasteiger partial charge in [-0.2, -0.15) is 5.10 Å². The third kappa shape index (κ3) is 2.71. The number of nitrogens with zero attached hydrogens (tertiary/aromatic N) is 1. The summed E-state index contributed by atoms with van der Waals surface area (Å²) in [6, 6.07) is 7.93. The molecule has 3 N–H and O–H groups in total. The lowest BCUT2D eigenvalue weighted by Crippen LogP contribution is -2.25. The van der Waals surface area contributed by atoms with Crippen LogP contribution < -0.4 is 5.73 Å². The summed E-state index contributed by atoms with van der Waals surface area (Å²) in [5, 5.41) is 8.89. The van der Waals surface area contributed by atoms with Crippen molar-refractivity contribution < 1.29 is 0 Å². The van der Waals surface area contributed by atoms with Gasteiger partial charge in [-0.1, -0.05) is 35.3 Å². The van der Waals surface area contributed by atoms with E-state index < -0.39 is 0 Å². The number of hydrogen-bond donors (Lipinski definition) is 2. The van der Waals surface area contributed by atoms with E-state index in [1.165, 1.54) is 0 Å². The van der Waals surface area contributed by atoms with Crippen LogP contribution in [0.1, 0.15) is 37.3 Å². The molecule has 0 aliphatic heterocycles. The summed E-state index contributed by atoms with van der Waals surface area (Å²) in [5.41, 5.74) is 8.71. The minimum absolute atomic E-state index is 0.334. The molecule has 1 aromatic heterocycles. The number of nitrogens with one attached hydrogen (secondary N) is 1. The molecule has 2 aromatic rings. The van der Waals surface area contributed by atoms with Crippen molar-refractivity contribution in [3.63, 3.8) is 0 Å². The molecule has 0 unspecified atom stereocenters. The Balaban J connectivity index is 1.89. The molecule has 0 bridgehead atoms. The van der Waals surface area contributed by atoms with Crippen LogP contribution in [0.3, 0.4) is 0 Å². The van der Waals surface area contributed by atoms with Gasteiger partial charge < -0.3 is 5.73 Å². The topological polar surface area (TPSA) is 54.7 Å². The molecule has 3 nitrogen and oxygen atoms in total. The summed E-state index contributed by atoms with van der Waals surface area (Å²) in [6.45, 7) is 0. The van der Waals surface area contributed by atoms with Gasteiger partial charge >= 0.3 is 0 Å². The molecule has 0 atom stereocenters. The molecule has 1 aliphatic carbocycles. The van der Waals surface area contributed by atoms with Crippen molar-refractivity contribution in [1.82, 2.24) is 10.2 Å². The van der Waals surface area contributed by atoms with Crippen LogP contribution >= 0.6 is 23.2 Å². The maximum atomic E-state index is 6.51. The summed E-state index contributed by atoms with van der Waals surface area (Å²) in [4.78, 5) is 0. The first-order valence-electron chi connectivity index (χ1n) is 6.90. The van der Waals surface area contributed by atoms with Gasteiger partial charge in [-0.25, -0.2) is 0 Å². The van der Waals surface area contributed by atoms with Gasteiger partial charge in [0.25, 0.3) is 0 Å². The highest BCUT2D eigenvalue weighted by Gasteiger charge is 2.25. The molecule has 3 rings (SSSR count). The van der Waals surface area contributed by atoms with E-state index >= 15 is 0 Å². The van der Waals surface area contributed by atoms with E-state index in [2.05, 4.69) is 10.2 Å². The van der Waals surface area contributed by atoms with Crippen LogP contribution in [0.25, 0.3) is 11.3 Å². The predicted octanol–water partition coefficient (Wildman–Crippen LogP) is 4.37. The zero-order valence-corrected chi connectivity index (χ0v) is 12.6. The van der Waals surface area contributed by atoms with Gasteiger partial charge in [-0.05, 0) is 37.8 Å². The normalized spacial score (nSPS) is 22.9. The molecule has 1 aliphatic rings. The van der Waals surface area contributed by atoms with Gasteiger partial charge in [0.1, 0.15) is 5.69 Å². The first kappa shape index (κ1) is 13.9. The summed E-state index contributed by atoms with van der Waals surface area (Å²) >= 11 is 12.5. The molecule has 0 spiro atoms. The summed E-state index contributed by atoms with van der Waals surface area (Å²) in [7, 11) is 0. The Hall–Kier alpha value is -1.03. The van der Waals surface area contributed by atoms with E-state index in [9.17, 15) is 0 Å². The Morgan fingerprint density at radius 2 is 1.90 bits per heavy atom. The van der Waals surface area contributed by atoms with E-state index in [0.29, 0.717) is 22.0 Å². The van der Waals surface area contributed by atoms with Crippen molar-refractivity contribution >= 4 is 23.2 Å². The third-order valence-corrected chi connectivity index (χ3v) is 4.63. The number of aromatic nitrogens is 2. The average molecular weight is 310 g/mol. The molecule has 1 heterocycles. The van der Waals surface area contributed by atoms with Gasteiger partial charge in [0.15, 0.2) is 0 Å². The van der Waals surface area contributed by atoms with Crippen molar-refractivity contribution in [2.75, 3.05) is 0 Å². The Morgan fingerprint density at radius 1 is 1.15 bits per heavy atom. The summed E-state index contributed by atoms with van der Waals surface area (Å²) < 4.78 is 0. The lowest BCUT2D eigenvalue weighted by molar-refractivity contribution is 0.390. The highest BCUT2D eigenvalue weighted by atomic mass is 35.5. The van der Waals surface area contributed by atoms with Crippen molar-refractivity contribution in [2.45, 2.75) is 37.6 Å². The molecule has 0 saturated heterocycles. The van der Waals surface area contributed by atoms with Crippen LogP contribution in [0.5, 0.6) is 0 Å². The number of rotatable bonds is 2. The zero-order valence-electron chi connectivity index (χ0n) is 11.1. The molecule has 0 radical (unpaired) electrons. The highest BCUT2D eigenvalue weighted by Crippen LogP contribution is 2.38. The lowest BCUT2D eigenvalue weighted by Gasteiger charge is -2.25. The minimum Gasteiger partial charge on any atom is -0.328 e. The third-order valence-electron chi connectivity index (χ3n) is 4.01. The number of halogens is 2. The van der Waals surface area contributed by atoms with E-state index in [4.69, 9.17) is 28.9 Å². The highest BCUT2D eigenvalue weighted by molar-refractivity contribution is 6.34. The van der Waals surface area contributed by atoms with E-state index in [1.54, 1.807) is 0 Å². The smallest absolute Gasteiger partial charge is 0.111 e. The van der Waals surface area contributed by atoms with Gasteiger partial charge in [0.05, 0.1) is 10.7 Å². The number of nitrogens with two attached hydrogens (primary N) is 1. The van der Waals surface area contributed by atoms with Crippen LogP contribution in [-0.4, -0.2) is 16.2 Å². The van der Waals surface area contributed by atoms with Crippen molar-refractivity contribution in [3.05, 3.63) is 40.0 Å². The van der Waals surface area contributed by atoms with Crippen molar-refractivity contribution in [1.29, 1.82) is 0 Å². The molecular formula is C15H17Cl2N3. The average Bonchev–Trinajstić information content (AvgIpc) is 2.82. The molecule has 20 heavy (non-hydrogen) atoms. The quantitative estimate of drug-likeness (QED) is 0.865. The van der Waals surface area contributed by atoms with Gasteiger partial charge in [-0.15, -0.1) is 0 Å². The molecule has 106 valence electrons. The van der Waals surface area contributed by atoms with Gasteiger partial charge in [0.2, 0.25) is 0 Å². The fraction of sp³-hybridized carbons (Fsp3) is 0.400. The van der Waals surface area contributed by atoms with Crippen LogP contribution in [0.4, 0.5) is 0 Å². The Labute approximate surface area is 128 Å². The molecule has 0 amide bonds. The standard InChI is InChI=1S/C15H17Cl2N3/c16-11-3-1-2-10(8-11)15-13(17)14(19-20-15)9-4-6-12(18)7-5-9/h1-3,8-9,12H,4-7,18H2,(H,19,20). The molecule has 1 fully saturated rings. The minimum atomic E-state index is 0.334. The zero-order chi connectivity index (χ0) is 14.1. The molecular weight excluding hydrogens is 293 g/mol. The monoisotopic (exact) mass is 309 g/mol. The Kier molecular flexibility index (Phi) is 4.01. The first-order chi connectivity index (χ1) is 9.65. The predicted molar refractivity (Wildman–Crippen MR) is 83.2 cm³/mol. The lowest BCUT2D eigenvalue weighted by atomic mass is 9.84. The fourth-order valence-electron chi connectivity index (χ4n) is 2.85. The van der Waals surface area contributed by atoms with Crippen LogP contribution in [0, 0.1) is 0 Å². The van der Waals surface area contributed by atoms with E-state index in [0.717, 1.165) is 42.6 Å². The largest absolute Gasteiger partial charge is 0.328 e. The Morgan fingerprint density at radius 3 is 2.60 bits per heavy atom. The molecule has 1 saturated carbocycles. The van der Waals surface area contributed by atoms with Gasteiger partial charge in [-0.3, -0.25) is 5.10 Å². The number of hydrogen-bond acceptors (Lipinski definition) is 2. The maximum absolute atomic E-state index is 6.51. The molecule has 1 aromatic carbocycles. The van der Waals surface area contributed by atoms with Gasteiger partial charge in [0, 0.05) is 22.5 Å². The number of benzene rings is 1. The van der Waals surface area contributed by atoms with Crippen molar-refractivity contribution in [2.24, 2.45) is 5.73 Å². The van der Waals surface area contributed by atoms with E-state index in [-0.39, 0.29) is 0 Å². The maximum Gasteiger partial charge on any atom is 0.111 e. The van der Waals surface area contributed by atoms with Crippen LogP contribution in [0.2, 0.25) is 10.0 Å². The SMILES string of the molecule is NC1CCC(c2[nH]nc(-c3cccc(Cl)c3)c2Cl)CC1. The second-order valence-corrected chi connectivity index (χ2v) is 6.24. The summed E-state index contributed by atoms with van der Waals surface area (Å²) in [6.07, 6.45) is 4.23. The van der Waals surface area contributed by atoms with Crippen LogP contribution in [-0.2, 0) is 0 Å². The van der Waals surface area contributed by atoms with Crippen molar-refractivity contribution in [3.8, 4) is 11.3 Å².